The second-order valence-corrected chi connectivity index (χ2v) is 3.89. The number of aryl methyl sites for hydroxylation is 1. The van der Waals surface area contributed by atoms with Crippen LogP contribution in [0.15, 0.2) is 16.5 Å². The van der Waals surface area contributed by atoms with Gasteiger partial charge in [0.2, 0.25) is 0 Å². The van der Waals surface area contributed by atoms with Crippen LogP contribution in [0.25, 0.3) is 0 Å². The van der Waals surface area contributed by atoms with Crippen molar-refractivity contribution in [1.82, 2.24) is 0 Å². The Morgan fingerprint density at radius 2 is 2.21 bits per heavy atom. The molecule has 0 aliphatic rings. The van der Waals surface area contributed by atoms with E-state index in [0.29, 0.717) is 5.76 Å². The van der Waals surface area contributed by atoms with E-state index in [9.17, 15) is 5.11 Å². The van der Waals surface area contributed by atoms with Gasteiger partial charge >= 0.3 is 0 Å². The molecule has 1 N–H and O–H groups in total. The van der Waals surface area contributed by atoms with E-state index in [1.54, 1.807) is 19.9 Å². The van der Waals surface area contributed by atoms with E-state index in [4.69, 9.17) is 9.68 Å². The van der Waals surface area contributed by atoms with Gasteiger partial charge in [-0.3, -0.25) is 0 Å². The summed E-state index contributed by atoms with van der Waals surface area (Å²) in [6, 6.07) is 5.61. The lowest BCUT2D eigenvalue weighted by Gasteiger charge is -2.20. The van der Waals surface area contributed by atoms with Crippen molar-refractivity contribution < 1.29 is 9.52 Å². The number of aliphatic hydroxyl groups excluding tert-OH is 1. The summed E-state index contributed by atoms with van der Waals surface area (Å²) in [7, 11) is 0. The highest BCUT2D eigenvalue weighted by Crippen LogP contribution is 2.33. The van der Waals surface area contributed by atoms with Crippen LogP contribution in [0.1, 0.15) is 38.4 Å². The zero-order valence-corrected chi connectivity index (χ0v) is 8.74. The van der Waals surface area contributed by atoms with Crippen molar-refractivity contribution in [3.8, 4) is 6.07 Å². The zero-order chi connectivity index (χ0) is 10.8. The second-order valence-electron chi connectivity index (χ2n) is 3.89. The van der Waals surface area contributed by atoms with Crippen LogP contribution >= 0.6 is 0 Å². The Morgan fingerprint density at radius 3 is 2.64 bits per heavy atom. The van der Waals surface area contributed by atoms with Crippen LogP contribution < -0.4 is 0 Å². The van der Waals surface area contributed by atoms with Crippen molar-refractivity contribution in [2.75, 3.05) is 0 Å². The first-order chi connectivity index (χ1) is 6.51. The van der Waals surface area contributed by atoms with Crippen LogP contribution in [0.5, 0.6) is 0 Å². The van der Waals surface area contributed by atoms with Crippen LogP contribution in [-0.2, 0) is 6.42 Å². The van der Waals surface area contributed by atoms with E-state index < -0.39 is 11.5 Å². The largest absolute Gasteiger partial charge is 0.463 e. The molecule has 0 fully saturated rings. The van der Waals surface area contributed by atoms with Crippen LogP contribution in [0.3, 0.4) is 0 Å². The van der Waals surface area contributed by atoms with Gasteiger partial charge in [0.1, 0.15) is 17.6 Å². The minimum Gasteiger partial charge on any atom is -0.463 e. The van der Waals surface area contributed by atoms with Crippen LogP contribution in [0, 0.1) is 16.7 Å². The predicted octanol–water partition coefficient (Wildman–Crippen LogP) is 2.43. The molecule has 0 aromatic carbocycles. The Balaban J connectivity index is 2.90. The monoisotopic (exact) mass is 193 g/mol. The maximum Gasteiger partial charge on any atom is 0.134 e. The van der Waals surface area contributed by atoms with Gasteiger partial charge in [0.25, 0.3) is 0 Å². The third kappa shape index (κ3) is 1.97. The van der Waals surface area contributed by atoms with Gasteiger partial charge in [0, 0.05) is 6.42 Å². The molecule has 14 heavy (non-hydrogen) atoms. The third-order valence-electron chi connectivity index (χ3n) is 2.27. The molecular weight excluding hydrogens is 178 g/mol. The Labute approximate surface area is 84.0 Å². The number of aliphatic hydroxyl groups is 1. The highest BCUT2D eigenvalue weighted by Gasteiger charge is 2.31. The summed E-state index contributed by atoms with van der Waals surface area (Å²) in [5.74, 6) is 1.29. The van der Waals surface area contributed by atoms with E-state index in [2.05, 4.69) is 6.07 Å². The van der Waals surface area contributed by atoms with Crippen molar-refractivity contribution in [2.24, 2.45) is 5.41 Å². The van der Waals surface area contributed by atoms with Gasteiger partial charge < -0.3 is 9.52 Å². The third-order valence-corrected chi connectivity index (χ3v) is 2.27. The summed E-state index contributed by atoms with van der Waals surface area (Å²) in [6.45, 7) is 5.35. The van der Waals surface area contributed by atoms with E-state index >= 15 is 0 Å². The molecule has 1 unspecified atom stereocenters. The average molecular weight is 193 g/mol. The van der Waals surface area contributed by atoms with Crippen molar-refractivity contribution in [2.45, 2.75) is 33.3 Å². The number of nitriles is 1. The summed E-state index contributed by atoms with van der Waals surface area (Å²) < 4.78 is 5.38. The molecule has 0 saturated heterocycles. The van der Waals surface area contributed by atoms with Gasteiger partial charge in [-0.1, -0.05) is 6.92 Å². The Kier molecular flexibility index (Phi) is 2.97. The van der Waals surface area contributed by atoms with E-state index in [0.717, 1.165) is 12.2 Å². The molecule has 0 bridgehead atoms. The van der Waals surface area contributed by atoms with E-state index in [-0.39, 0.29) is 0 Å². The number of furan rings is 1. The normalized spacial score (nSPS) is 13.6. The van der Waals surface area contributed by atoms with Crippen LogP contribution in [-0.4, -0.2) is 5.11 Å². The molecule has 1 aromatic rings. The standard InChI is InChI=1S/C11H15NO2/c1-4-8-5-6-9(14-8)10(13)11(2,3)7-12/h5-6,10,13H,4H2,1-3H3. The number of rotatable bonds is 3. The van der Waals surface area contributed by atoms with Gasteiger partial charge in [0.05, 0.1) is 11.5 Å². The van der Waals surface area contributed by atoms with Crippen molar-refractivity contribution >= 4 is 0 Å². The minimum absolute atomic E-state index is 0.466. The summed E-state index contributed by atoms with van der Waals surface area (Å²) in [5.41, 5.74) is -0.817. The molecule has 0 amide bonds. The summed E-state index contributed by atoms with van der Waals surface area (Å²) in [5, 5.41) is 18.7. The summed E-state index contributed by atoms with van der Waals surface area (Å²) >= 11 is 0. The predicted molar refractivity (Wildman–Crippen MR) is 52.4 cm³/mol. The molecule has 0 saturated carbocycles. The molecule has 1 aromatic heterocycles. The average Bonchev–Trinajstić information content (AvgIpc) is 2.64. The van der Waals surface area contributed by atoms with Crippen LogP contribution in [0.4, 0.5) is 0 Å². The molecular formula is C11H15NO2. The van der Waals surface area contributed by atoms with E-state index in [1.165, 1.54) is 0 Å². The maximum atomic E-state index is 9.84. The van der Waals surface area contributed by atoms with Crippen molar-refractivity contribution in [3.63, 3.8) is 0 Å². The second kappa shape index (κ2) is 3.85. The zero-order valence-electron chi connectivity index (χ0n) is 8.74. The minimum atomic E-state index is -0.868. The summed E-state index contributed by atoms with van der Waals surface area (Å²) in [4.78, 5) is 0. The lowest BCUT2D eigenvalue weighted by molar-refractivity contribution is 0.0646. The highest BCUT2D eigenvalue weighted by atomic mass is 16.4. The molecule has 76 valence electrons. The van der Waals surface area contributed by atoms with Gasteiger partial charge in [-0.2, -0.15) is 5.26 Å². The number of hydrogen-bond acceptors (Lipinski definition) is 3. The topological polar surface area (TPSA) is 57.2 Å². The lowest BCUT2D eigenvalue weighted by Crippen LogP contribution is -2.19. The summed E-state index contributed by atoms with van der Waals surface area (Å²) in [6.07, 6.45) is -0.0764. The highest BCUT2D eigenvalue weighted by molar-refractivity contribution is 5.14. The van der Waals surface area contributed by atoms with Gasteiger partial charge in [-0.05, 0) is 26.0 Å². The molecule has 3 heteroatoms. The molecule has 1 heterocycles. The Morgan fingerprint density at radius 1 is 1.57 bits per heavy atom. The smallest absolute Gasteiger partial charge is 0.134 e. The fourth-order valence-corrected chi connectivity index (χ4v) is 1.15. The molecule has 0 radical (unpaired) electrons. The lowest BCUT2D eigenvalue weighted by atomic mass is 9.87. The Hall–Kier alpha value is -1.27. The quantitative estimate of drug-likeness (QED) is 0.802. The molecule has 0 aliphatic heterocycles. The number of nitrogens with zero attached hydrogens (tertiary/aromatic N) is 1. The first-order valence-electron chi connectivity index (χ1n) is 4.69. The Bertz CT molecular complexity index is 346. The molecule has 1 atom stereocenters. The molecule has 0 spiro atoms. The molecule has 3 nitrogen and oxygen atoms in total. The van der Waals surface area contributed by atoms with Crippen molar-refractivity contribution in [3.05, 3.63) is 23.7 Å². The molecule has 0 aliphatic carbocycles. The van der Waals surface area contributed by atoms with Gasteiger partial charge in [-0.15, -0.1) is 0 Å². The first kappa shape index (κ1) is 10.8. The maximum absolute atomic E-state index is 9.84. The van der Waals surface area contributed by atoms with Gasteiger partial charge in [-0.25, -0.2) is 0 Å². The van der Waals surface area contributed by atoms with Crippen molar-refractivity contribution in [1.29, 1.82) is 5.26 Å². The SMILES string of the molecule is CCc1ccc(C(O)C(C)(C)C#N)o1. The van der Waals surface area contributed by atoms with E-state index in [1.807, 2.05) is 13.0 Å². The van der Waals surface area contributed by atoms with Gasteiger partial charge in [0.15, 0.2) is 0 Å². The fraction of sp³-hybridized carbons (Fsp3) is 0.545. The molecule has 1 rings (SSSR count). The fourth-order valence-electron chi connectivity index (χ4n) is 1.15. The van der Waals surface area contributed by atoms with Crippen LogP contribution in [0.2, 0.25) is 0 Å². The number of hydrogen-bond donors (Lipinski definition) is 1. The first-order valence-corrected chi connectivity index (χ1v) is 4.69.